The van der Waals surface area contributed by atoms with Crippen molar-refractivity contribution in [1.82, 2.24) is 5.32 Å². The van der Waals surface area contributed by atoms with Gasteiger partial charge in [-0.15, -0.1) is 0 Å². The lowest BCUT2D eigenvalue weighted by Gasteiger charge is -2.25. The summed E-state index contributed by atoms with van der Waals surface area (Å²) < 4.78 is 18.7. The minimum Gasteiger partial charge on any atom is -0.494 e. The maximum Gasteiger partial charge on any atom is 0.329 e. The molecule has 5 nitrogen and oxygen atoms in total. The summed E-state index contributed by atoms with van der Waals surface area (Å²) in [6.07, 6.45) is 0.823. The molecule has 0 fully saturated rings. The molecule has 0 aromatic heterocycles. The van der Waals surface area contributed by atoms with Gasteiger partial charge in [0, 0.05) is 0 Å². The second kappa shape index (κ2) is 6.36. The first-order valence-corrected chi connectivity index (χ1v) is 6.24. The van der Waals surface area contributed by atoms with Gasteiger partial charge in [0.05, 0.1) is 12.7 Å². The number of carboxylic acid groups (broad SMARTS) is 1. The van der Waals surface area contributed by atoms with Crippen LogP contribution in [0.3, 0.4) is 0 Å². The molecule has 2 N–H and O–H groups in total. The smallest absolute Gasteiger partial charge is 0.329 e. The molecule has 1 aromatic rings. The van der Waals surface area contributed by atoms with Crippen LogP contribution in [0.25, 0.3) is 0 Å². The monoisotopic (exact) mass is 283 g/mol. The molecule has 6 heteroatoms. The molecular weight excluding hydrogens is 265 g/mol. The summed E-state index contributed by atoms with van der Waals surface area (Å²) in [6.45, 7) is 3.20. The van der Waals surface area contributed by atoms with Crippen molar-refractivity contribution in [3.8, 4) is 5.75 Å². The van der Waals surface area contributed by atoms with E-state index in [9.17, 15) is 19.1 Å². The van der Waals surface area contributed by atoms with Crippen molar-refractivity contribution >= 4 is 11.9 Å². The van der Waals surface area contributed by atoms with Gasteiger partial charge in [-0.2, -0.15) is 0 Å². The average Bonchev–Trinajstić information content (AvgIpc) is 2.38. The van der Waals surface area contributed by atoms with Crippen molar-refractivity contribution in [3.63, 3.8) is 0 Å². The third kappa shape index (κ3) is 3.26. The lowest BCUT2D eigenvalue weighted by molar-refractivity contribution is -0.144. The van der Waals surface area contributed by atoms with Gasteiger partial charge in [0.1, 0.15) is 5.54 Å². The molecule has 0 aliphatic rings. The Morgan fingerprint density at radius 3 is 2.60 bits per heavy atom. The zero-order chi connectivity index (χ0) is 15.3. The van der Waals surface area contributed by atoms with E-state index in [1.807, 2.05) is 0 Å². The fourth-order valence-corrected chi connectivity index (χ4v) is 1.88. The fourth-order valence-electron chi connectivity index (χ4n) is 1.88. The summed E-state index contributed by atoms with van der Waals surface area (Å²) in [5, 5.41) is 11.6. The maximum absolute atomic E-state index is 14.0. The summed E-state index contributed by atoms with van der Waals surface area (Å²) >= 11 is 0. The van der Waals surface area contributed by atoms with Gasteiger partial charge in [-0.1, -0.05) is 19.4 Å². The normalized spacial score (nSPS) is 13.4. The average molecular weight is 283 g/mol. The van der Waals surface area contributed by atoms with Crippen LogP contribution in [-0.2, 0) is 4.79 Å². The second-order valence-corrected chi connectivity index (χ2v) is 4.66. The number of rotatable bonds is 6. The topological polar surface area (TPSA) is 75.6 Å². The Hall–Kier alpha value is -2.11. The first-order chi connectivity index (χ1) is 9.35. The van der Waals surface area contributed by atoms with Crippen LogP contribution in [0.1, 0.15) is 37.0 Å². The summed E-state index contributed by atoms with van der Waals surface area (Å²) in [7, 11) is 1.29. The third-order valence-corrected chi connectivity index (χ3v) is 3.04. The van der Waals surface area contributed by atoms with Crippen LogP contribution in [0.15, 0.2) is 18.2 Å². The SMILES string of the molecule is CCCC(C)(NC(=O)c1cccc(OC)c1F)C(=O)O. The third-order valence-electron chi connectivity index (χ3n) is 3.04. The van der Waals surface area contributed by atoms with Gasteiger partial charge >= 0.3 is 5.97 Å². The number of benzene rings is 1. The molecule has 1 aromatic carbocycles. The molecule has 0 spiro atoms. The van der Waals surface area contributed by atoms with Gasteiger partial charge in [-0.05, 0) is 25.5 Å². The Morgan fingerprint density at radius 2 is 2.10 bits per heavy atom. The minimum absolute atomic E-state index is 0.0647. The Labute approximate surface area is 116 Å². The minimum atomic E-state index is -1.43. The Kier molecular flexibility index (Phi) is 5.07. The van der Waals surface area contributed by atoms with Crippen molar-refractivity contribution in [2.75, 3.05) is 7.11 Å². The van der Waals surface area contributed by atoms with E-state index >= 15 is 0 Å². The van der Waals surface area contributed by atoms with Crippen LogP contribution >= 0.6 is 0 Å². The Balaban J connectivity index is 3.04. The van der Waals surface area contributed by atoms with Crippen molar-refractivity contribution < 1.29 is 23.8 Å². The van der Waals surface area contributed by atoms with Crippen molar-refractivity contribution in [1.29, 1.82) is 0 Å². The Morgan fingerprint density at radius 1 is 1.45 bits per heavy atom. The number of nitrogens with one attached hydrogen (secondary N) is 1. The largest absolute Gasteiger partial charge is 0.494 e. The highest BCUT2D eigenvalue weighted by Gasteiger charge is 2.34. The van der Waals surface area contributed by atoms with Gasteiger partial charge in [-0.3, -0.25) is 4.79 Å². The second-order valence-electron chi connectivity index (χ2n) is 4.66. The first kappa shape index (κ1) is 15.9. The van der Waals surface area contributed by atoms with E-state index in [1.165, 1.54) is 32.2 Å². The number of amides is 1. The van der Waals surface area contributed by atoms with Gasteiger partial charge in [-0.25, -0.2) is 9.18 Å². The molecule has 1 atom stereocenters. The number of carboxylic acids is 1. The van der Waals surface area contributed by atoms with Gasteiger partial charge < -0.3 is 15.2 Å². The summed E-state index contributed by atoms with van der Waals surface area (Å²) in [5.74, 6) is -2.81. The van der Waals surface area contributed by atoms with Crippen LogP contribution < -0.4 is 10.1 Å². The first-order valence-electron chi connectivity index (χ1n) is 6.24. The van der Waals surface area contributed by atoms with E-state index in [-0.39, 0.29) is 17.7 Å². The van der Waals surface area contributed by atoms with E-state index in [1.54, 1.807) is 6.92 Å². The Bertz CT molecular complexity index is 518. The standard InChI is InChI=1S/C14H18FNO4/c1-4-8-14(2,13(18)19)16-12(17)9-6-5-7-10(20-3)11(9)15/h5-7H,4,8H2,1-3H3,(H,16,17)(H,18,19). The number of hydrogen-bond donors (Lipinski definition) is 2. The summed E-state index contributed by atoms with van der Waals surface area (Å²) in [5.41, 5.74) is -1.67. The number of carbonyl (C=O) groups excluding carboxylic acids is 1. The molecule has 0 bridgehead atoms. The molecule has 20 heavy (non-hydrogen) atoms. The number of carbonyl (C=O) groups is 2. The molecule has 1 amide bonds. The van der Waals surface area contributed by atoms with E-state index in [2.05, 4.69) is 5.32 Å². The number of methoxy groups -OCH3 is 1. The van der Waals surface area contributed by atoms with Gasteiger partial charge in [0.2, 0.25) is 0 Å². The highest BCUT2D eigenvalue weighted by molar-refractivity contribution is 5.98. The predicted molar refractivity (Wildman–Crippen MR) is 71.4 cm³/mol. The molecule has 1 unspecified atom stereocenters. The molecule has 0 saturated carbocycles. The number of hydrogen-bond acceptors (Lipinski definition) is 3. The molecule has 1 rings (SSSR count). The van der Waals surface area contributed by atoms with Crippen LogP contribution in [0.5, 0.6) is 5.75 Å². The lowest BCUT2D eigenvalue weighted by atomic mass is 9.95. The number of aliphatic carboxylic acids is 1. The van der Waals surface area contributed by atoms with E-state index in [0.29, 0.717) is 6.42 Å². The maximum atomic E-state index is 14.0. The molecule has 0 heterocycles. The van der Waals surface area contributed by atoms with Crippen LogP contribution in [0.4, 0.5) is 4.39 Å². The number of ether oxygens (including phenoxy) is 1. The van der Waals surface area contributed by atoms with Gasteiger partial charge in [0.15, 0.2) is 11.6 Å². The van der Waals surface area contributed by atoms with Crippen LogP contribution in [0, 0.1) is 5.82 Å². The molecular formula is C14H18FNO4. The van der Waals surface area contributed by atoms with Crippen LogP contribution in [-0.4, -0.2) is 29.6 Å². The molecule has 0 radical (unpaired) electrons. The van der Waals surface area contributed by atoms with Crippen LogP contribution in [0.2, 0.25) is 0 Å². The summed E-state index contributed by atoms with van der Waals surface area (Å²) in [4.78, 5) is 23.3. The molecule has 0 saturated heterocycles. The number of halogens is 1. The lowest BCUT2D eigenvalue weighted by Crippen LogP contribution is -2.52. The predicted octanol–water partition coefficient (Wildman–Crippen LogP) is 2.21. The van der Waals surface area contributed by atoms with Gasteiger partial charge in [0.25, 0.3) is 5.91 Å². The quantitative estimate of drug-likeness (QED) is 0.839. The summed E-state index contributed by atoms with van der Waals surface area (Å²) in [6, 6.07) is 4.13. The van der Waals surface area contributed by atoms with Crippen molar-refractivity contribution in [2.24, 2.45) is 0 Å². The molecule has 0 aliphatic carbocycles. The fraction of sp³-hybridized carbons (Fsp3) is 0.429. The van der Waals surface area contributed by atoms with E-state index in [0.717, 1.165) is 0 Å². The molecule has 0 aliphatic heterocycles. The van der Waals surface area contributed by atoms with E-state index < -0.39 is 23.2 Å². The highest BCUT2D eigenvalue weighted by Crippen LogP contribution is 2.21. The molecule has 110 valence electrons. The zero-order valence-electron chi connectivity index (χ0n) is 11.7. The zero-order valence-corrected chi connectivity index (χ0v) is 11.7. The van der Waals surface area contributed by atoms with Crippen molar-refractivity contribution in [3.05, 3.63) is 29.6 Å². The van der Waals surface area contributed by atoms with Crippen molar-refractivity contribution in [2.45, 2.75) is 32.2 Å². The highest BCUT2D eigenvalue weighted by atomic mass is 19.1. The van der Waals surface area contributed by atoms with E-state index in [4.69, 9.17) is 4.74 Å².